The van der Waals surface area contributed by atoms with Crippen LogP contribution in [0.4, 0.5) is 5.82 Å². The zero-order chi connectivity index (χ0) is 22.0. The van der Waals surface area contributed by atoms with E-state index < -0.39 is 11.6 Å². The molecule has 4 rings (SSSR count). The lowest BCUT2D eigenvalue weighted by Crippen LogP contribution is -2.35. The first-order valence-corrected chi connectivity index (χ1v) is 10.0. The number of benzene rings is 1. The van der Waals surface area contributed by atoms with E-state index >= 15 is 0 Å². The molecule has 0 bridgehead atoms. The molecular formula is C22H24N6O3. The topological polar surface area (TPSA) is 107 Å². The summed E-state index contributed by atoms with van der Waals surface area (Å²) in [5, 5.41) is 12.1. The van der Waals surface area contributed by atoms with Gasteiger partial charge in [0.2, 0.25) is 0 Å². The Balaban J connectivity index is 1.59. The lowest BCUT2D eigenvalue weighted by atomic mass is 10.0. The third kappa shape index (κ3) is 4.50. The lowest BCUT2D eigenvalue weighted by molar-refractivity contribution is -0.120. The number of aromatic nitrogens is 5. The zero-order valence-corrected chi connectivity index (χ0v) is 17.6. The molecule has 9 nitrogen and oxygen atoms in total. The van der Waals surface area contributed by atoms with Crippen molar-refractivity contribution in [2.24, 2.45) is 13.0 Å². The van der Waals surface area contributed by atoms with Gasteiger partial charge in [-0.3, -0.25) is 14.3 Å². The number of rotatable bonds is 7. The number of anilines is 1. The summed E-state index contributed by atoms with van der Waals surface area (Å²) in [6.07, 6.45) is 5.46. The minimum absolute atomic E-state index is 0.176. The van der Waals surface area contributed by atoms with Gasteiger partial charge < -0.3 is 15.0 Å². The molecule has 2 N–H and O–H groups in total. The summed E-state index contributed by atoms with van der Waals surface area (Å²) in [5.41, 5.74) is 0.516. The van der Waals surface area contributed by atoms with E-state index in [2.05, 4.69) is 20.5 Å². The molecule has 0 saturated heterocycles. The molecular weight excluding hydrogens is 396 g/mol. The molecule has 9 heteroatoms. The smallest absolute Gasteiger partial charge is 0.271 e. The average molecular weight is 420 g/mol. The Hall–Kier alpha value is -3.88. The van der Waals surface area contributed by atoms with Crippen LogP contribution in [0.2, 0.25) is 0 Å². The second-order valence-corrected chi connectivity index (χ2v) is 7.78. The molecule has 4 aromatic rings. The normalized spacial score (nSPS) is 12.3. The van der Waals surface area contributed by atoms with E-state index in [-0.39, 0.29) is 11.8 Å². The second kappa shape index (κ2) is 8.47. The number of nitrogens with one attached hydrogen (secondary N) is 2. The lowest BCUT2D eigenvalue weighted by Gasteiger charge is -2.19. The summed E-state index contributed by atoms with van der Waals surface area (Å²) in [7, 11) is 1.76. The fraction of sp³-hybridized carbons (Fsp3) is 0.273. The molecule has 1 atom stereocenters. The minimum atomic E-state index is -0.767. The van der Waals surface area contributed by atoms with Gasteiger partial charge in [0.1, 0.15) is 11.8 Å². The SMILES string of the molecule is CC(C)CC(C(=O)Nc1ccn(C)n1)n1ncc(Oc2cccc3[nH]ccc23)cc1=O. The zero-order valence-electron chi connectivity index (χ0n) is 17.6. The van der Waals surface area contributed by atoms with Crippen molar-refractivity contribution < 1.29 is 9.53 Å². The van der Waals surface area contributed by atoms with Crippen molar-refractivity contribution in [3.05, 3.63) is 65.3 Å². The highest BCUT2D eigenvalue weighted by molar-refractivity contribution is 5.92. The van der Waals surface area contributed by atoms with Crippen LogP contribution in [0.3, 0.4) is 0 Å². The molecule has 0 aliphatic rings. The highest BCUT2D eigenvalue weighted by atomic mass is 16.5. The molecule has 3 aromatic heterocycles. The fourth-order valence-corrected chi connectivity index (χ4v) is 3.42. The van der Waals surface area contributed by atoms with Gasteiger partial charge in [0, 0.05) is 42.5 Å². The number of aromatic amines is 1. The number of hydrogen-bond donors (Lipinski definition) is 2. The van der Waals surface area contributed by atoms with Crippen LogP contribution in [0.25, 0.3) is 10.9 Å². The maximum Gasteiger partial charge on any atom is 0.271 e. The van der Waals surface area contributed by atoms with Gasteiger partial charge in [-0.25, -0.2) is 4.68 Å². The van der Waals surface area contributed by atoms with Gasteiger partial charge in [-0.1, -0.05) is 19.9 Å². The van der Waals surface area contributed by atoms with Crippen molar-refractivity contribution in [1.82, 2.24) is 24.5 Å². The van der Waals surface area contributed by atoms with Gasteiger partial charge >= 0.3 is 0 Å². The largest absolute Gasteiger partial charge is 0.455 e. The first-order valence-electron chi connectivity index (χ1n) is 10.0. The van der Waals surface area contributed by atoms with Crippen molar-refractivity contribution in [3.63, 3.8) is 0 Å². The van der Waals surface area contributed by atoms with Crippen LogP contribution < -0.4 is 15.6 Å². The van der Waals surface area contributed by atoms with Crippen LogP contribution in [0.15, 0.2) is 59.8 Å². The number of carbonyl (C=O) groups is 1. The Labute approximate surface area is 178 Å². The Kier molecular flexibility index (Phi) is 5.57. The van der Waals surface area contributed by atoms with E-state index in [1.54, 1.807) is 24.0 Å². The summed E-state index contributed by atoms with van der Waals surface area (Å²) >= 11 is 0. The predicted molar refractivity (Wildman–Crippen MR) is 117 cm³/mol. The van der Waals surface area contributed by atoms with Crippen LogP contribution >= 0.6 is 0 Å². The standard InChI is InChI=1S/C22H24N6O3/c1-14(2)11-18(22(30)25-20-8-10-27(3)26-20)28-21(29)12-15(13-24-28)31-19-6-4-5-17-16(19)7-9-23-17/h4-10,12-14,18,23H,11H2,1-3H3,(H,25,26,30). The number of H-pyrrole nitrogens is 1. The summed E-state index contributed by atoms with van der Waals surface area (Å²) in [6, 6.07) is 9.80. The Bertz CT molecular complexity index is 1270. The Morgan fingerprint density at radius 3 is 2.81 bits per heavy atom. The van der Waals surface area contributed by atoms with Crippen molar-refractivity contribution in [3.8, 4) is 11.5 Å². The monoisotopic (exact) mass is 420 g/mol. The molecule has 0 spiro atoms. The van der Waals surface area contributed by atoms with Gasteiger partial charge in [0.25, 0.3) is 11.5 Å². The summed E-state index contributed by atoms with van der Waals surface area (Å²) in [6.45, 7) is 3.97. The van der Waals surface area contributed by atoms with Gasteiger partial charge in [-0.2, -0.15) is 10.2 Å². The molecule has 0 saturated carbocycles. The van der Waals surface area contributed by atoms with Gasteiger partial charge in [0.05, 0.1) is 6.20 Å². The molecule has 1 unspecified atom stereocenters. The third-order valence-corrected chi connectivity index (χ3v) is 4.84. The van der Waals surface area contributed by atoms with E-state index in [9.17, 15) is 9.59 Å². The molecule has 1 amide bonds. The summed E-state index contributed by atoms with van der Waals surface area (Å²) < 4.78 is 8.68. The molecule has 0 aliphatic carbocycles. The second-order valence-electron chi connectivity index (χ2n) is 7.78. The first-order chi connectivity index (χ1) is 14.9. The molecule has 1 aromatic carbocycles. The summed E-state index contributed by atoms with van der Waals surface area (Å²) in [5.74, 6) is 1.18. The molecule has 3 heterocycles. The van der Waals surface area contributed by atoms with Crippen molar-refractivity contribution in [2.45, 2.75) is 26.3 Å². The summed E-state index contributed by atoms with van der Waals surface area (Å²) in [4.78, 5) is 28.9. The molecule has 0 radical (unpaired) electrons. The number of aryl methyl sites for hydroxylation is 1. The number of carbonyl (C=O) groups excluding carboxylic acids is 1. The number of hydrogen-bond acceptors (Lipinski definition) is 5. The van der Waals surface area contributed by atoms with Crippen molar-refractivity contribution in [2.75, 3.05) is 5.32 Å². The number of nitrogens with zero attached hydrogens (tertiary/aromatic N) is 4. The van der Waals surface area contributed by atoms with Crippen LogP contribution in [0.5, 0.6) is 11.5 Å². The molecule has 0 aliphatic heterocycles. The predicted octanol–water partition coefficient (Wildman–Crippen LogP) is 3.48. The number of fused-ring (bicyclic) bond motifs is 1. The maximum atomic E-state index is 12.9. The van der Waals surface area contributed by atoms with Crippen LogP contribution in [-0.2, 0) is 11.8 Å². The molecule has 160 valence electrons. The highest BCUT2D eigenvalue weighted by Crippen LogP contribution is 2.28. The average Bonchev–Trinajstić information content (AvgIpc) is 3.36. The first kappa shape index (κ1) is 20.4. The van der Waals surface area contributed by atoms with Crippen LogP contribution in [-0.4, -0.2) is 30.5 Å². The fourth-order valence-electron chi connectivity index (χ4n) is 3.42. The van der Waals surface area contributed by atoms with Crippen molar-refractivity contribution in [1.29, 1.82) is 0 Å². The van der Waals surface area contributed by atoms with Gasteiger partial charge in [0.15, 0.2) is 11.6 Å². The minimum Gasteiger partial charge on any atom is -0.455 e. The van der Waals surface area contributed by atoms with E-state index in [4.69, 9.17) is 4.74 Å². The van der Waals surface area contributed by atoms with E-state index in [0.29, 0.717) is 23.7 Å². The molecule has 31 heavy (non-hydrogen) atoms. The van der Waals surface area contributed by atoms with Crippen molar-refractivity contribution >= 4 is 22.6 Å². The third-order valence-electron chi connectivity index (χ3n) is 4.84. The Morgan fingerprint density at radius 2 is 2.10 bits per heavy atom. The van der Waals surface area contributed by atoms with E-state index in [1.807, 2.05) is 44.3 Å². The maximum absolute atomic E-state index is 12.9. The van der Waals surface area contributed by atoms with Gasteiger partial charge in [-0.15, -0.1) is 0 Å². The molecule has 0 fully saturated rings. The van der Waals surface area contributed by atoms with E-state index in [0.717, 1.165) is 10.9 Å². The van der Waals surface area contributed by atoms with Crippen LogP contribution in [0.1, 0.15) is 26.3 Å². The Morgan fingerprint density at radius 1 is 1.26 bits per heavy atom. The van der Waals surface area contributed by atoms with Crippen LogP contribution in [0, 0.1) is 5.92 Å². The number of amides is 1. The van der Waals surface area contributed by atoms with E-state index in [1.165, 1.54) is 16.9 Å². The highest BCUT2D eigenvalue weighted by Gasteiger charge is 2.25. The quantitative estimate of drug-likeness (QED) is 0.476. The number of ether oxygens (including phenoxy) is 1. The van der Waals surface area contributed by atoms with Gasteiger partial charge in [-0.05, 0) is 30.5 Å².